The van der Waals surface area contributed by atoms with Crippen molar-refractivity contribution in [1.82, 2.24) is 4.90 Å². The van der Waals surface area contributed by atoms with Crippen molar-refractivity contribution in [1.29, 1.82) is 0 Å². The van der Waals surface area contributed by atoms with Crippen molar-refractivity contribution < 1.29 is 15.3 Å². The summed E-state index contributed by atoms with van der Waals surface area (Å²) in [6, 6.07) is 0. The van der Waals surface area contributed by atoms with Gasteiger partial charge in [-0.2, -0.15) is 0 Å². The van der Waals surface area contributed by atoms with Crippen molar-refractivity contribution in [2.24, 2.45) is 5.92 Å². The van der Waals surface area contributed by atoms with E-state index in [9.17, 15) is 15.3 Å². The Labute approximate surface area is 77.1 Å². The van der Waals surface area contributed by atoms with Crippen LogP contribution in [-0.2, 0) is 0 Å². The molecule has 3 atom stereocenters. The van der Waals surface area contributed by atoms with Crippen molar-refractivity contribution in [2.45, 2.75) is 25.0 Å². The summed E-state index contributed by atoms with van der Waals surface area (Å²) in [5, 5.41) is 28.5. The highest BCUT2D eigenvalue weighted by molar-refractivity contribution is 5.22. The van der Waals surface area contributed by atoms with Gasteiger partial charge in [-0.25, -0.2) is 0 Å². The summed E-state index contributed by atoms with van der Waals surface area (Å²) in [4.78, 5) is 1.95. The Morgan fingerprint density at radius 1 is 1.38 bits per heavy atom. The number of hydrogen-bond acceptors (Lipinski definition) is 4. The monoisotopic (exact) mass is 185 g/mol. The minimum atomic E-state index is -1.09. The molecule has 1 saturated heterocycles. The Balaban J connectivity index is 2.35. The Hall–Kier alpha value is -0.740. The number of hydrogen-bond donors (Lipinski definition) is 3. The number of fused-ring (bicyclic) bond motifs is 1. The highest BCUT2D eigenvalue weighted by Gasteiger charge is 2.39. The van der Waals surface area contributed by atoms with Gasteiger partial charge in [-0.1, -0.05) is 0 Å². The van der Waals surface area contributed by atoms with E-state index in [1.54, 1.807) is 0 Å². The Morgan fingerprint density at radius 2 is 2.08 bits per heavy atom. The van der Waals surface area contributed by atoms with Crippen LogP contribution in [0, 0.1) is 5.92 Å². The van der Waals surface area contributed by atoms with E-state index in [0.717, 1.165) is 18.7 Å². The zero-order chi connectivity index (χ0) is 9.59. The SMILES string of the molecule is CN1CCC2CC(O)C(O)C(O)=C21. The molecule has 1 fully saturated rings. The average Bonchev–Trinajstić information content (AvgIpc) is 2.43. The third kappa shape index (κ3) is 1.21. The third-order valence-electron chi connectivity index (χ3n) is 3.04. The van der Waals surface area contributed by atoms with Crippen LogP contribution < -0.4 is 0 Å². The summed E-state index contributed by atoms with van der Waals surface area (Å²) in [5.74, 6) is 0.187. The quantitative estimate of drug-likeness (QED) is 0.490. The lowest BCUT2D eigenvalue weighted by molar-refractivity contribution is -0.00736. The molecule has 0 spiro atoms. The van der Waals surface area contributed by atoms with Gasteiger partial charge >= 0.3 is 0 Å². The minimum Gasteiger partial charge on any atom is -0.508 e. The number of likely N-dealkylation sites (tertiary alicyclic amines) is 1. The second-order valence-corrected chi connectivity index (χ2v) is 3.93. The number of aliphatic hydroxyl groups excluding tert-OH is 3. The molecule has 0 saturated carbocycles. The number of nitrogens with zero attached hydrogens (tertiary/aromatic N) is 1. The number of aliphatic hydroxyl groups is 3. The van der Waals surface area contributed by atoms with E-state index >= 15 is 0 Å². The van der Waals surface area contributed by atoms with Gasteiger partial charge in [0.15, 0.2) is 0 Å². The van der Waals surface area contributed by atoms with Gasteiger partial charge in [0, 0.05) is 19.5 Å². The smallest absolute Gasteiger partial charge is 0.143 e. The lowest BCUT2D eigenvalue weighted by atomic mass is 9.87. The van der Waals surface area contributed by atoms with Crippen molar-refractivity contribution >= 4 is 0 Å². The molecule has 0 aromatic rings. The zero-order valence-electron chi connectivity index (χ0n) is 7.64. The first-order valence-corrected chi connectivity index (χ1v) is 4.61. The van der Waals surface area contributed by atoms with E-state index < -0.39 is 12.2 Å². The van der Waals surface area contributed by atoms with Crippen LogP contribution in [0.5, 0.6) is 0 Å². The molecule has 74 valence electrons. The van der Waals surface area contributed by atoms with E-state index in [2.05, 4.69) is 0 Å². The molecule has 4 nitrogen and oxygen atoms in total. The molecule has 4 heteroatoms. The molecular weight excluding hydrogens is 170 g/mol. The molecule has 0 radical (unpaired) electrons. The van der Waals surface area contributed by atoms with Crippen molar-refractivity contribution in [3.8, 4) is 0 Å². The first-order valence-electron chi connectivity index (χ1n) is 4.61. The second kappa shape index (κ2) is 2.89. The highest BCUT2D eigenvalue weighted by atomic mass is 16.4. The normalized spacial score (nSPS) is 39.6. The fourth-order valence-electron chi connectivity index (χ4n) is 2.31. The van der Waals surface area contributed by atoms with Gasteiger partial charge in [0.05, 0.1) is 11.8 Å². The van der Waals surface area contributed by atoms with Gasteiger partial charge in [0.2, 0.25) is 0 Å². The molecule has 1 heterocycles. The van der Waals surface area contributed by atoms with Gasteiger partial charge in [-0.05, 0) is 12.8 Å². The first-order chi connectivity index (χ1) is 6.11. The molecule has 3 N–H and O–H groups in total. The molecule has 2 aliphatic rings. The molecule has 0 amide bonds. The largest absolute Gasteiger partial charge is 0.508 e. The van der Waals surface area contributed by atoms with Crippen molar-refractivity contribution in [3.63, 3.8) is 0 Å². The van der Waals surface area contributed by atoms with Gasteiger partial charge in [0.1, 0.15) is 11.9 Å². The molecule has 2 rings (SSSR count). The summed E-state index contributed by atoms with van der Waals surface area (Å²) in [7, 11) is 1.90. The molecule has 0 aromatic heterocycles. The van der Waals surface area contributed by atoms with Crippen LogP contribution in [0.15, 0.2) is 11.5 Å². The maximum Gasteiger partial charge on any atom is 0.143 e. The summed E-state index contributed by atoms with van der Waals surface area (Å²) in [6.07, 6.45) is -0.378. The van der Waals surface area contributed by atoms with Crippen molar-refractivity contribution in [3.05, 3.63) is 11.5 Å². The minimum absolute atomic E-state index is 0.0382. The predicted molar refractivity (Wildman–Crippen MR) is 47.0 cm³/mol. The molecule has 0 bridgehead atoms. The van der Waals surface area contributed by atoms with Gasteiger partial charge in [-0.3, -0.25) is 0 Å². The fourth-order valence-corrected chi connectivity index (χ4v) is 2.31. The average molecular weight is 185 g/mol. The Kier molecular flexibility index (Phi) is 1.96. The predicted octanol–water partition coefficient (Wildman–Crippen LogP) is -0.167. The molecular formula is C9H15NO3. The van der Waals surface area contributed by atoms with Crippen LogP contribution in [0.4, 0.5) is 0 Å². The standard InChI is InChI=1S/C9H15NO3/c1-10-3-2-5-4-6(11)8(12)9(13)7(5)10/h5-6,8,11-13H,2-4H2,1H3. The molecule has 3 unspecified atom stereocenters. The molecule has 13 heavy (non-hydrogen) atoms. The Bertz CT molecular complexity index is 251. The van der Waals surface area contributed by atoms with Crippen LogP contribution >= 0.6 is 0 Å². The van der Waals surface area contributed by atoms with E-state index in [-0.39, 0.29) is 11.7 Å². The maximum atomic E-state index is 9.62. The van der Waals surface area contributed by atoms with Crippen LogP contribution in [0.3, 0.4) is 0 Å². The lowest BCUT2D eigenvalue weighted by Gasteiger charge is -2.30. The zero-order valence-corrected chi connectivity index (χ0v) is 7.64. The fraction of sp³-hybridized carbons (Fsp3) is 0.778. The van der Waals surface area contributed by atoms with Crippen LogP contribution in [0.2, 0.25) is 0 Å². The van der Waals surface area contributed by atoms with Gasteiger partial charge in [0.25, 0.3) is 0 Å². The topological polar surface area (TPSA) is 63.9 Å². The van der Waals surface area contributed by atoms with E-state index in [0.29, 0.717) is 6.42 Å². The molecule has 1 aliphatic heterocycles. The first kappa shape index (κ1) is 8.84. The number of rotatable bonds is 0. The van der Waals surface area contributed by atoms with E-state index in [4.69, 9.17) is 0 Å². The lowest BCUT2D eigenvalue weighted by Crippen LogP contribution is -2.37. The highest BCUT2D eigenvalue weighted by Crippen LogP contribution is 2.37. The second-order valence-electron chi connectivity index (χ2n) is 3.93. The van der Waals surface area contributed by atoms with Crippen LogP contribution in [0.1, 0.15) is 12.8 Å². The molecule has 1 aliphatic carbocycles. The summed E-state index contributed by atoms with van der Waals surface area (Å²) < 4.78 is 0. The Morgan fingerprint density at radius 3 is 2.77 bits per heavy atom. The maximum absolute atomic E-state index is 9.62. The van der Waals surface area contributed by atoms with Crippen LogP contribution in [-0.4, -0.2) is 46.0 Å². The van der Waals surface area contributed by atoms with Crippen LogP contribution in [0.25, 0.3) is 0 Å². The van der Waals surface area contributed by atoms with Crippen molar-refractivity contribution in [2.75, 3.05) is 13.6 Å². The summed E-state index contributed by atoms with van der Waals surface area (Å²) in [5.41, 5.74) is 0.817. The van der Waals surface area contributed by atoms with Gasteiger partial charge in [-0.15, -0.1) is 0 Å². The molecule has 0 aromatic carbocycles. The van der Waals surface area contributed by atoms with E-state index in [1.807, 2.05) is 11.9 Å². The van der Waals surface area contributed by atoms with E-state index in [1.165, 1.54) is 0 Å². The van der Waals surface area contributed by atoms with Gasteiger partial charge < -0.3 is 20.2 Å². The summed E-state index contributed by atoms with van der Waals surface area (Å²) >= 11 is 0. The third-order valence-corrected chi connectivity index (χ3v) is 3.04. The summed E-state index contributed by atoms with van der Waals surface area (Å²) in [6.45, 7) is 0.892. The number of allylic oxidation sites excluding steroid dienone is 1.